The van der Waals surface area contributed by atoms with Gasteiger partial charge < -0.3 is 23.9 Å². The van der Waals surface area contributed by atoms with Crippen LogP contribution < -0.4 is 14.8 Å². The average Bonchev–Trinajstić information content (AvgIpc) is 3.35. The fourth-order valence-electron chi connectivity index (χ4n) is 3.73. The van der Waals surface area contributed by atoms with Crippen LogP contribution in [-0.4, -0.2) is 31.7 Å². The summed E-state index contributed by atoms with van der Waals surface area (Å²) < 4.78 is 21.9. The predicted octanol–water partition coefficient (Wildman–Crippen LogP) is 3.56. The molecular weight excluding hydrogens is 430 g/mol. The number of furan rings is 1. The number of benzene rings is 1. The van der Waals surface area contributed by atoms with E-state index in [-0.39, 0.29) is 18.3 Å². The lowest BCUT2D eigenvalue weighted by molar-refractivity contribution is -0.126. The third-order valence-electron chi connectivity index (χ3n) is 5.04. The van der Waals surface area contributed by atoms with Crippen LogP contribution >= 0.6 is 15.9 Å². The molecule has 2 aromatic rings. The molecule has 0 spiro atoms. The van der Waals surface area contributed by atoms with Crippen molar-refractivity contribution in [3.8, 4) is 11.5 Å². The minimum absolute atomic E-state index is 0.0436. The fraction of sp³-hybridized carbons (Fsp3) is 0.400. The number of amides is 1. The summed E-state index contributed by atoms with van der Waals surface area (Å²) in [6.45, 7) is 0.671. The van der Waals surface area contributed by atoms with Crippen molar-refractivity contribution >= 4 is 27.8 Å². The van der Waals surface area contributed by atoms with Crippen LogP contribution in [0, 0.1) is 0 Å². The molecule has 7 nitrogen and oxygen atoms in total. The second-order valence-corrected chi connectivity index (χ2v) is 7.66. The highest BCUT2D eigenvalue weighted by atomic mass is 79.9. The molecule has 0 bridgehead atoms. The van der Waals surface area contributed by atoms with Gasteiger partial charge in [0.1, 0.15) is 13.2 Å². The fourth-order valence-corrected chi connectivity index (χ4v) is 4.04. The van der Waals surface area contributed by atoms with Gasteiger partial charge in [0.2, 0.25) is 5.76 Å². The van der Waals surface area contributed by atoms with Gasteiger partial charge in [-0.05, 0) is 58.6 Å². The maximum atomic E-state index is 12.5. The Labute approximate surface area is 170 Å². The molecule has 0 saturated heterocycles. The third kappa shape index (κ3) is 3.87. The average molecular weight is 450 g/mol. The first-order valence-electron chi connectivity index (χ1n) is 9.19. The van der Waals surface area contributed by atoms with Crippen LogP contribution in [0.5, 0.6) is 11.5 Å². The summed E-state index contributed by atoms with van der Waals surface area (Å²) in [4.78, 5) is 24.5. The number of rotatable bonds is 5. The van der Waals surface area contributed by atoms with Crippen LogP contribution in [-0.2, 0) is 15.1 Å². The van der Waals surface area contributed by atoms with Crippen LogP contribution in [0.2, 0.25) is 0 Å². The molecule has 8 heteroatoms. The molecule has 1 fully saturated rings. The molecule has 28 heavy (non-hydrogen) atoms. The molecule has 1 aromatic carbocycles. The molecule has 1 aromatic heterocycles. The summed E-state index contributed by atoms with van der Waals surface area (Å²) in [6.07, 6.45) is 3.65. The smallest absolute Gasteiger partial charge is 0.374 e. The Morgan fingerprint density at radius 3 is 2.54 bits per heavy atom. The number of carbonyl (C=O) groups excluding carboxylic acids is 2. The Morgan fingerprint density at radius 2 is 1.82 bits per heavy atom. The minimum atomic E-state index is -0.680. The van der Waals surface area contributed by atoms with E-state index in [1.54, 1.807) is 6.07 Å². The molecule has 148 valence electrons. The van der Waals surface area contributed by atoms with E-state index in [0.717, 1.165) is 31.2 Å². The van der Waals surface area contributed by atoms with Crippen molar-refractivity contribution in [3.63, 3.8) is 0 Å². The lowest BCUT2D eigenvalue weighted by Crippen LogP contribution is -2.45. The molecule has 4 rings (SSSR count). The lowest BCUT2D eigenvalue weighted by atomic mass is 9.87. The van der Waals surface area contributed by atoms with Crippen LogP contribution in [0.3, 0.4) is 0 Å². The van der Waals surface area contributed by atoms with Crippen molar-refractivity contribution in [3.05, 3.63) is 46.3 Å². The van der Waals surface area contributed by atoms with E-state index in [9.17, 15) is 9.59 Å². The van der Waals surface area contributed by atoms with Gasteiger partial charge in [0.15, 0.2) is 22.8 Å². The summed E-state index contributed by atoms with van der Waals surface area (Å²) in [6, 6.07) is 8.85. The van der Waals surface area contributed by atoms with Gasteiger partial charge >= 0.3 is 5.97 Å². The van der Waals surface area contributed by atoms with Gasteiger partial charge in [0.25, 0.3) is 5.91 Å². The quantitative estimate of drug-likeness (QED) is 0.702. The van der Waals surface area contributed by atoms with Gasteiger partial charge in [-0.2, -0.15) is 0 Å². The molecule has 0 radical (unpaired) electrons. The number of fused-ring (bicyclic) bond motifs is 1. The number of esters is 1. The van der Waals surface area contributed by atoms with E-state index in [1.165, 1.54) is 6.07 Å². The minimum Gasteiger partial charge on any atom is -0.486 e. The zero-order chi connectivity index (χ0) is 19.6. The zero-order valence-electron chi connectivity index (χ0n) is 15.2. The van der Waals surface area contributed by atoms with Gasteiger partial charge in [0.05, 0.1) is 5.54 Å². The Kier molecular flexibility index (Phi) is 5.30. The Morgan fingerprint density at radius 1 is 1.07 bits per heavy atom. The highest BCUT2D eigenvalue weighted by molar-refractivity contribution is 9.10. The molecule has 2 heterocycles. The maximum absolute atomic E-state index is 12.5. The van der Waals surface area contributed by atoms with Crippen LogP contribution in [0.1, 0.15) is 41.8 Å². The molecular formula is C20H20BrNO6. The van der Waals surface area contributed by atoms with Gasteiger partial charge in [0, 0.05) is 0 Å². The third-order valence-corrected chi connectivity index (χ3v) is 5.47. The second kappa shape index (κ2) is 7.87. The molecule has 2 aliphatic rings. The van der Waals surface area contributed by atoms with E-state index in [4.69, 9.17) is 18.6 Å². The lowest BCUT2D eigenvalue weighted by Gasteiger charge is -2.32. The number of hydrogen-bond acceptors (Lipinski definition) is 6. The van der Waals surface area contributed by atoms with Crippen molar-refractivity contribution in [1.82, 2.24) is 5.32 Å². The molecule has 1 saturated carbocycles. The van der Waals surface area contributed by atoms with Crippen molar-refractivity contribution in [2.75, 3.05) is 19.8 Å². The van der Waals surface area contributed by atoms with Crippen LogP contribution in [0.25, 0.3) is 0 Å². The van der Waals surface area contributed by atoms with Gasteiger partial charge in [-0.25, -0.2) is 4.79 Å². The Balaban J connectivity index is 1.44. The van der Waals surface area contributed by atoms with E-state index < -0.39 is 11.5 Å². The standard InChI is InChI=1S/C20H20BrNO6/c21-17-6-5-15(28-17)19(24)27-12-18(23)22-20(7-1-2-8-20)13-3-4-14-16(11-13)26-10-9-25-14/h3-6,11H,1-2,7-10,12H2,(H,22,23). The van der Waals surface area contributed by atoms with Gasteiger partial charge in [-0.15, -0.1) is 0 Å². The monoisotopic (exact) mass is 449 g/mol. The summed E-state index contributed by atoms with van der Waals surface area (Å²) >= 11 is 3.12. The topological polar surface area (TPSA) is 87.0 Å². The number of hydrogen-bond donors (Lipinski definition) is 1. The molecule has 0 unspecified atom stereocenters. The molecule has 1 aliphatic heterocycles. The maximum Gasteiger partial charge on any atom is 0.374 e. The number of nitrogens with one attached hydrogen (secondary N) is 1. The van der Waals surface area contributed by atoms with Crippen molar-refractivity contribution in [2.45, 2.75) is 31.2 Å². The largest absolute Gasteiger partial charge is 0.486 e. The van der Waals surface area contributed by atoms with Gasteiger partial charge in [-0.1, -0.05) is 18.9 Å². The highest BCUT2D eigenvalue weighted by Crippen LogP contribution is 2.42. The molecule has 1 amide bonds. The summed E-state index contributed by atoms with van der Waals surface area (Å²) in [5.74, 6) is 0.422. The molecule has 0 atom stereocenters. The van der Waals surface area contributed by atoms with E-state index in [1.807, 2.05) is 18.2 Å². The van der Waals surface area contributed by atoms with E-state index in [2.05, 4.69) is 21.2 Å². The Bertz CT molecular complexity index is 887. The van der Waals surface area contributed by atoms with E-state index in [0.29, 0.717) is 29.4 Å². The number of ether oxygens (including phenoxy) is 3. The first kappa shape index (κ1) is 18.9. The van der Waals surface area contributed by atoms with Crippen LogP contribution in [0.15, 0.2) is 39.4 Å². The second-order valence-electron chi connectivity index (χ2n) is 6.88. The molecule has 1 aliphatic carbocycles. The van der Waals surface area contributed by atoms with Crippen molar-refractivity contribution in [2.24, 2.45) is 0 Å². The summed E-state index contributed by atoms with van der Waals surface area (Å²) in [5.41, 5.74) is 0.483. The highest BCUT2D eigenvalue weighted by Gasteiger charge is 2.38. The normalized spacial score (nSPS) is 17.2. The van der Waals surface area contributed by atoms with Crippen molar-refractivity contribution in [1.29, 1.82) is 0 Å². The first-order valence-corrected chi connectivity index (χ1v) is 9.99. The molecule has 1 N–H and O–H groups in total. The predicted molar refractivity (Wildman–Crippen MR) is 102 cm³/mol. The van der Waals surface area contributed by atoms with Gasteiger partial charge in [-0.3, -0.25) is 4.79 Å². The summed E-state index contributed by atoms with van der Waals surface area (Å²) in [7, 11) is 0. The Hall–Kier alpha value is -2.48. The van der Waals surface area contributed by atoms with Crippen LogP contribution in [0.4, 0.5) is 0 Å². The number of halogens is 1. The van der Waals surface area contributed by atoms with E-state index >= 15 is 0 Å². The van der Waals surface area contributed by atoms with Crippen molar-refractivity contribution < 1.29 is 28.2 Å². The SMILES string of the molecule is O=C(COC(=O)c1ccc(Br)o1)NC1(c2ccc3c(c2)OCCO3)CCCC1. The first-order chi connectivity index (χ1) is 13.6. The zero-order valence-corrected chi connectivity index (χ0v) is 16.7. The number of carbonyl (C=O) groups is 2. The summed E-state index contributed by atoms with van der Waals surface area (Å²) in [5, 5.41) is 3.08.